The van der Waals surface area contributed by atoms with Gasteiger partial charge in [-0.15, -0.1) is 0 Å². The SMILES string of the molecule is CCCC(C)(N)C(=O)N1CC2CCC(O)C2C1. The van der Waals surface area contributed by atoms with Crippen molar-refractivity contribution in [3.05, 3.63) is 0 Å². The Morgan fingerprint density at radius 1 is 1.47 bits per heavy atom. The lowest BCUT2D eigenvalue weighted by molar-refractivity contribution is -0.136. The summed E-state index contributed by atoms with van der Waals surface area (Å²) in [6, 6.07) is 0. The van der Waals surface area contributed by atoms with Crippen LogP contribution in [0.15, 0.2) is 0 Å². The zero-order chi connectivity index (χ0) is 12.6. The minimum absolute atomic E-state index is 0.0564. The van der Waals surface area contributed by atoms with Crippen molar-refractivity contribution in [2.75, 3.05) is 13.1 Å². The van der Waals surface area contributed by atoms with Crippen LogP contribution in [0.25, 0.3) is 0 Å². The van der Waals surface area contributed by atoms with Gasteiger partial charge >= 0.3 is 0 Å². The number of carbonyl (C=O) groups is 1. The van der Waals surface area contributed by atoms with Gasteiger partial charge in [-0.3, -0.25) is 4.79 Å². The molecule has 0 spiro atoms. The van der Waals surface area contributed by atoms with E-state index in [0.717, 1.165) is 32.2 Å². The Morgan fingerprint density at radius 2 is 2.18 bits per heavy atom. The first kappa shape index (κ1) is 12.8. The van der Waals surface area contributed by atoms with Crippen LogP contribution in [0.2, 0.25) is 0 Å². The lowest BCUT2D eigenvalue weighted by Gasteiger charge is -2.29. The molecule has 1 heterocycles. The molecule has 98 valence electrons. The number of carbonyl (C=O) groups excluding carboxylic acids is 1. The molecule has 2 rings (SSSR count). The second kappa shape index (κ2) is 4.58. The van der Waals surface area contributed by atoms with Crippen LogP contribution in [-0.4, -0.2) is 40.6 Å². The summed E-state index contributed by atoms with van der Waals surface area (Å²) in [5, 5.41) is 9.84. The average molecular weight is 240 g/mol. The Kier molecular flexibility index (Phi) is 3.46. The summed E-state index contributed by atoms with van der Waals surface area (Å²) >= 11 is 0. The number of hydrogen-bond donors (Lipinski definition) is 2. The van der Waals surface area contributed by atoms with E-state index in [9.17, 15) is 9.90 Å². The Balaban J connectivity index is 1.99. The fourth-order valence-electron chi connectivity index (χ4n) is 3.39. The first-order valence-electron chi connectivity index (χ1n) is 6.72. The summed E-state index contributed by atoms with van der Waals surface area (Å²) in [7, 11) is 0. The normalized spacial score (nSPS) is 35.8. The van der Waals surface area contributed by atoms with Crippen molar-refractivity contribution in [2.24, 2.45) is 17.6 Å². The highest BCUT2D eigenvalue weighted by Gasteiger charge is 2.45. The van der Waals surface area contributed by atoms with Gasteiger partial charge in [0.1, 0.15) is 0 Å². The zero-order valence-corrected chi connectivity index (χ0v) is 10.9. The van der Waals surface area contributed by atoms with E-state index in [-0.39, 0.29) is 17.9 Å². The third-order valence-corrected chi connectivity index (χ3v) is 4.36. The van der Waals surface area contributed by atoms with Gasteiger partial charge in [0.25, 0.3) is 0 Å². The molecule has 1 saturated heterocycles. The van der Waals surface area contributed by atoms with Crippen molar-refractivity contribution in [3.8, 4) is 0 Å². The van der Waals surface area contributed by atoms with Crippen LogP contribution in [0, 0.1) is 11.8 Å². The fraction of sp³-hybridized carbons (Fsp3) is 0.923. The number of amides is 1. The van der Waals surface area contributed by atoms with Crippen molar-refractivity contribution >= 4 is 5.91 Å². The standard InChI is InChI=1S/C13H24N2O2/c1-3-6-13(2,14)12(17)15-7-9-4-5-11(16)10(9)8-15/h9-11,16H,3-8,14H2,1-2H3. The molecule has 0 radical (unpaired) electrons. The quantitative estimate of drug-likeness (QED) is 0.764. The molecule has 4 heteroatoms. The van der Waals surface area contributed by atoms with Crippen LogP contribution < -0.4 is 5.73 Å². The van der Waals surface area contributed by atoms with E-state index in [1.54, 1.807) is 0 Å². The van der Waals surface area contributed by atoms with E-state index in [1.165, 1.54) is 0 Å². The highest BCUT2D eigenvalue weighted by atomic mass is 16.3. The summed E-state index contributed by atoms with van der Waals surface area (Å²) in [6.45, 7) is 5.35. The number of nitrogens with two attached hydrogens (primary N) is 1. The van der Waals surface area contributed by atoms with E-state index in [2.05, 4.69) is 0 Å². The monoisotopic (exact) mass is 240 g/mol. The number of fused-ring (bicyclic) bond motifs is 1. The maximum Gasteiger partial charge on any atom is 0.242 e. The smallest absolute Gasteiger partial charge is 0.242 e. The van der Waals surface area contributed by atoms with Crippen LogP contribution in [0.1, 0.15) is 39.5 Å². The number of hydrogen-bond acceptors (Lipinski definition) is 3. The lowest BCUT2D eigenvalue weighted by Crippen LogP contribution is -2.52. The first-order chi connectivity index (χ1) is 7.95. The predicted molar refractivity (Wildman–Crippen MR) is 66.3 cm³/mol. The van der Waals surface area contributed by atoms with Crippen LogP contribution in [-0.2, 0) is 4.79 Å². The zero-order valence-electron chi connectivity index (χ0n) is 10.9. The Labute approximate surface area is 103 Å². The molecule has 1 saturated carbocycles. The summed E-state index contributed by atoms with van der Waals surface area (Å²) in [5.74, 6) is 0.837. The Bertz CT molecular complexity index is 304. The van der Waals surface area contributed by atoms with Crippen LogP contribution in [0.5, 0.6) is 0 Å². The Hall–Kier alpha value is -0.610. The molecule has 2 aliphatic rings. The van der Waals surface area contributed by atoms with Gasteiger partial charge in [-0.1, -0.05) is 13.3 Å². The average Bonchev–Trinajstić information content (AvgIpc) is 2.80. The first-order valence-corrected chi connectivity index (χ1v) is 6.72. The summed E-state index contributed by atoms with van der Waals surface area (Å²) < 4.78 is 0. The minimum atomic E-state index is -0.738. The van der Waals surface area contributed by atoms with Crippen molar-refractivity contribution in [1.29, 1.82) is 0 Å². The second-order valence-electron chi connectivity index (χ2n) is 5.95. The maximum absolute atomic E-state index is 12.3. The number of aliphatic hydroxyl groups is 1. The maximum atomic E-state index is 12.3. The van der Waals surface area contributed by atoms with Gasteiger partial charge in [-0.25, -0.2) is 0 Å². The fourth-order valence-corrected chi connectivity index (χ4v) is 3.39. The molecule has 4 atom stereocenters. The van der Waals surface area contributed by atoms with Crippen molar-refractivity contribution < 1.29 is 9.90 Å². The van der Waals surface area contributed by atoms with Crippen molar-refractivity contribution in [1.82, 2.24) is 4.90 Å². The van der Waals surface area contributed by atoms with Crippen molar-refractivity contribution in [2.45, 2.75) is 51.2 Å². The van der Waals surface area contributed by atoms with Gasteiger partial charge in [0, 0.05) is 19.0 Å². The van der Waals surface area contributed by atoms with Crippen LogP contribution in [0.4, 0.5) is 0 Å². The molecule has 17 heavy (non-hydrogen) atoms. The molecule has 0 aromatic carbocycles. The van der Waals surface area contributed by atoms with Crippen LogP contribution in [0.3, 0.4) is 0 Å². The van der Waals surface area contributed by atoms with Gasteiger partial charge < -0.3 is 15.7 Å². The molecule has 4 unspecified atom stereocenters. The van der Waals surface area contributed by atoms with E-state index < -0.39 is 5.54 Å². The molecule has 3 N–H and O–H groups in total. The molecule has 2 fully saturated rings. The third-order valence-electron chi connectivity index (χ3n) is 4.36. The topological polar surface area (TPSA) is 66.6 Å². The van der Waals surface area contributed by atoms with Gasteiger partial charge in [-0.05, 0) is 32.1 Å². The minimum Gasteiger partial charge on any atom is -0.393 e. The van der Waals surface area contributed by atoms with E-state index in [0.29, 0.717) is 12.5 Å². The Morgan fingerprint density at radius 3 is 2.76 bits per heavy atom. The van der Waals surface area contributed by atoms with Crippen molar-refractivity contribution in [3.63, 3.8) is 0 Å². The van der Waals surface area contributed by atoms with Gasteiger partial charge in [0.2, 0.25) is 5.91 Å². The predicted octanol–water partition coefficient (Wildman–Crippen LogP) is 0.733. The molecule has 1 aliphatic heterocycles. The van der Waals surface area contributed by atoms with Crippen LogP contribution >= 0.6 is 0 Å². The van der Waals surface area contributed by atoms with E-state index >= 15 is 0 Å². The molecular formula is C13H24N2O2. The number of likely N-dealkylation sites (tertiary alicyclic amines) is 1. The lowest BCUT2D eigenvalue weighted by atomic mass is 9.96. The van der Waals surface area contributed by atoms with E-state index in [1.807, 2.05) is 18.7 Å². The van der Waals surface area contributed by atoms with Gasteiger partial charge in [-0.2, -0.15) is 0 Å². The second-order valence-corrected chi connectivity index (χ2v) is 5.95. The molecule has 0 aromatic rings. The molecule has 1 aliphatic carbocycles. The number of nitrogens with zero attached hydrogens (tertiary/aromatic N) is 1. The summed E-state index contributed by atoms with van der Waals surface area (Å²) in [4.78, 5) is 14.2. The highest BCUT2D eigenvalue weighted by molar-refractivity contribution is 5.86. The highest BCUT2D eigenvalue weighted by Crippen LogP contribution is 2.38. The number of aliphatic hydroxyl groups excluding tert-OH is 1. The molecule has 0 aromatic heterocycles. The molecule has 4 nitrogen and oxygen atoms in total. The summed E-state index contributed by atoms with van der Waals surface area (Å²) in [6.07, 6.45) is 3.37. The molecular weight excluding hydrogens is 216 g/mol. The summed E-state index contributed by atoms with van der Waals surface area (Å²) in [5.41, 5.74) is 5.34. The van der Waals surface area contributed by atoms with Gasteiger partial charge in [0.15, 0.2) is 0 Å². The van der Waals surface area contributed by atoms with E-state index in [4.69, 9.17) is 5.73 Å². The molecule has 1 amide bonds. The molecule has 0 bridgehead atoms. The van der Waals surface area contributed by atoms with Gasteiger partial charge in [0.05, 0.1) is 11.6 Å². The third kappa shape index (κ3) is 2.33. The largest absolute Gasteiger partial charge is 0.393 e. The number of rotatable bonds is 3.